The molecule has 0 saturated carbocycles. The molecule has 0 radical (unpaired) electrons. The molecule has 1 heterocycles. The molecule has 0 aliphatic heterocycles. The number of rotatable bonds is 5. The molecule has 0 atom stereocenters. The summed E-state index contributed by atoms with van der Waals surface area (Å²) in [6.45, 7) is 7.74. The van der Waals surface area contributed by atoms with Crippen LogP contribution in [0.1, 0.15) is 37.9 Å². The minimum Gasteiger partial charge on any atom is -0.313 e. The van der Waals surface area contributed by atoms with Crippen molar-refractivity contribution in [2.24, 2.45) is 0 Å². The van der Waals surface area contributed by atoms with Gasteiger partial charge in [-0.05, 0) is 42.3 Å². The Morgan fingerprint density at radius 2 is 2.11 bits per heavy atom. The van der Waals surface area contributed by atoms with Gasteiger partial charge in [-0.25, -0.2) is 9.07 Å². The van der Waals surface area contributed by atoms with Gasteiger partial charge in [0, 0.05) is 12.7 Å². The van der Waals surface area contributed by atoms with E-state index in [9.17, 15) is 4.39 Å². The van der Waals surface area contributed by atoms with Crippen molar-refractivity contribution in [1.29, 1.82) is 0 Å². The Morgan fingerprint density at radius 1 is 1.32 bits per heavy atom. The minimum absolute atomic E-state index is 0.215. The summed E-state index contributed by atoms with van der Waals surface area (Å²) in [6.07, 6.45) is 1.93. The Morgan fingerprint density at radius 3 is 2.74 bits per heavy atom. The van der Waals surface area contributed by atoms with Crippen LogP contribution in [0.2, 0.25) is 0 Å². The molecule has 0 aliphatic carbocycles. The summed E-state index contributed by atoms with van der Waals surface area (Å²) in [4.78, 5) is 0. The van der Waals surface area contributed by atoms with Crippen LogP contribution in [0.5, 0.6) is 0 Å². The van der Waals surface area contributed by atoms with E-state index in [1.165, 1.54) is 6.07 Å². The molecule has 1 aromatic heterocycles. The maximum absolute atomic E-state index is 13.4. The lowest BCUT2D eigenvalue weighted by Gasteiger charge is -2.10. The molecule has 0 fully saturated rings. The lowest BCUT2D eigenvalue weighted by Crippen LogP contribution is -2.14. The van der Waals surface area contributed by atoms with E-state index in [4.69, 9.17) is 0 Å². The van der Waals surface area contributed by atoms with Crippen molar-refractivity contribution < 1.29 is 4.39 Å². The van der Waals surface area contributed by atoms with Gasteiger partial charge < -0.3 is 5.32 Å². The molecule has 1 aromatic carbocycles. The van der Waals surface area contributed by atoms with E-state index >= 15 is 0 Å². The maximum atomic E-state index is 13.4. The van der Waals surface area contributed by atoms with Crippen molar-refractivity contribution >= 4 is 0 Å². The van der Waals surface area contributed by atoms with E-state index in [1.54, 1.807) is 12.1 Å². The first-order chi connectivity index (χ1) is 9.11. The van der Waals surface area contributed by atoms with Crippen LogP contribution >= 0.6 is 0 Å². The number of aromatic nitrogens is 2. The van der Waals surface area contributed by atoms with Gasteiger partial charge in [0.2, 0.25) is 0 Å². The molecule has 19 heavy (non-hydrogen) atoms. The van der Waals surface area contributed by atoms with Crippen LogP contribution in [0.3, 0.4) is 0 Å². The predicted octanol–water partition coefficient (Wildman–Crippen LogP) is 3.24. The zero-order chi connectivity index (χ0) is 13.8. The van der Waals surface area contributed by atoms with Gasteiger partial charge in [0.15, 0.2) is 0 Å². The Balaban J connectivity index is 2.36. The summed E-state index contributed by atoms with van der Waals surface area (Å²) < 4.78 is 15.2. The number of nitrogens with one attached hydrogen (secondary N) is 1. The highest BCUT2D eigenvalue weighted by Gasteiger charge is 2.09. The molecule has 1 N–H and O–H groups in total. The molecule has 0 saturated heterocycles. The summed E-state index contributed by atoms with van der Waals surface area (Å²) in [6, 6.07) is 6.82. The zero-order valence-corrected chi connectivity index (χ0v) is 11.7. The van der Waals surface area contributed by atoms with Crippen molar-refractivity contribution in [3.05, 3.63) is 47.5 Å². The Hall–Kier alpha value is -1.68. The molecule has 0 spiro atoms. The molecule has 0 unspecified atom stereocenters. The Kier molecular flexibility index (Phi) is 4.32. The van der Waals surface area contributed by atoms with Crippen LogP contribution in [-0.4, -0.2) is 16.3 Å². The molecule has 102 valence electrons. The maximum Gasteiger partial charge on any atom is 0.123 e. The molecule has 3 nitrogen and oxygen atoms in total. The SMILES string of the molecule is CCNCc1cc(F)ccc1-n1ccc(C(C)C)n1. The van der Waals surface area contributed by atoms with Gasteiger partial charge >= 0.3 is 0 Å². The number of nitrogens with zero attached hydrogens (tertiary/aromatic N) is 2. The lowest BCUT2D eigenvalue weighted by molar-refractivity contribution is 0.619. The molecular weight excluding hydrogens is 241 g/mol. The van der Waals surface area contributed by atoms with Gasteiger partial charge in [0.25, 0.3) is 0 Å². The fourth-order valence-electron chi connectivity index (χ4n) is 1.96. The quantitative estimate of drug-likeness (QED) is 0.895. The smallest absolute Gasteiger partial charge is 0.123 e. The zero-order valence-electron chi connectivity index (χ0n) is 11.7. The van der Waals surface area contributed by atoms with Crippen molar-refractivity contribution in [1.82, 2.24) is 15.1 Å². The van der Waals surface area contributed by atoms with Crippen LogP contribution < -0.4 is 5.32 Å². The molecule has 0 bridgehead atoms. The van der Waals surface area contributed by atoms with Crippen LogP contribution in [0.15, 0.2) is 30.5 Å². The molecule has 2 rings (SSSR count). The molecule has 0 aliphatic rings. The number of hydrogen-bond donors (Lipinski definition) is 1. The van der Waals surface area contributed by atoms with E-state index in [0.717, 1.165) is 23.5 Å². The highest BCUT2D eigenvalue weighted by atomic mass is 19.1. The van der Waals surface area contributed by atoms with Crippen molar-refractivity contribution in [3.63, 3.8) is 0 Å². The van der Waals surface area contributed by atoms with Crippen LogP contribution in [0.25, 0.3) is 5.69 Å². The molecule has 4 heteroatoms. The highest BCUT2D eigenvalue weighted by molar-refractivity contribution is 5.41. The first-order valence-electron chi connectivity index (χ1n) is 6.67. The third kappa shape index (κ3) is 3.20. The predicted molar refractivity (Wildman–Crippen MR) is 75.0 cm³/mol. The average Bonchev–Trinajstić information content (AvgIpc) is 2.86. The fourth-order valence-corrected chi connectivity index (χ4v) is 1.96. The summed E-state index contributed by atoms with van der Waals surface area (Å²) >= 11 is 0. The number of benzene rings is 1. The monoisotopic (exact) mass is 261 g/mol. The van der Waals surface area contributed by atoms with Gasteiger partial charge in [0.1, 0.15) is 5.82 Å². The number of hydrogen-bond acceptors (Lipinski definition) is 2. The molecule has 0 amide bonds. The van der Waals surface area contributed by atoms with E-state index < -0.39 is 0 Å². The minimum atomic E-state index is -0.215. The van der Waals surface area contributed by atoms with E-state index in [-0.39, 0.29) is 5.82 Å². The van der Waals surface area contributed by atoms with Gasteiger partial charge in [-0.2, -0.15) is 5.10 Å². The largest absolute Gasteiger partial charge is 0.313 e. The third-order valence-electron chi connectivity index (χ3n) is 3.06. The fraction of sp³-hybridized carbons (Fsp3) is 0.400. The van der Waals surface area contributed by atoms with Gasteiger partial charge in [-0.3, -0.25) is 0 Å². The van der Waals surface area contributed by atoms with Crippen molar-refractivity contribution in [2.75, 3.05) is 6.54 Å². The standard InChI is InChI=1S/C15H20FN3/c1-4-17-10-12-9-13(16)5-6-15(12)19-8-7-14(18-19)11(2)3/h5-9,11,17H,4,10H2,1-3H3. The van der Waals surface area contributed by atoms with Gasteiger partial charge in [-0.1, -0.05) is 20.8 Å². The molecular formula is C15H20FN3. The Labute approximate surface area is 113 Å². The van der Waals surface area contributed by atoms with Crippen LogP contribution in [-0.2, 0) is 6.54 Å². The highest BCUT2D eigenvalue weighted by Crippen LogP contribution is 2.18. The van der Waals surface area contributed by atoms with Gasteiger partial charge in [0.05, 0.1) is 11.4 Å². The topological polar surface area (TPSA) is 29.9 Å². The second kappa shape index (κ2) is 5.97. The average molecular weight is 261 g/mol. The Bertz CT molecular complexity index is 546. The summed E-state index contributed by atoms with van der Waals surface area (Å²) in [5.74, 6) is 0.173. The first-order valence-corrected chi connectivity index (χ1v) is 6.67. The van der Waals surface area contributed by atoms with Crippen molar-refractivity contribution in [2.45, 2.75) is 33.2 Å². The summed E-state index contributed by atoms with van der Waals surface area (Å²) in [5.41, 5.74) is 2.88. The third-order valence-corrected chi connectivity index (χ3v) is 3.06. The van der Waals surface area contributed by atoms with Crippen LogP contribution in [0, 0.1) is 5.82 Å². The summed E-state index contributed by atoms with van der Waals surface area (Å²) in [7, 11) is 0. The van der Waals surface area contributed by atoms with E-state index in [0.29, 0.717) is 12.5 Å². The van der Waals surface area contributed by atoms with Gasteiger partial charge in [-0.15, -0.1) is 0 Å². The lowest BCUT2D eigenvalue weighted by atomic mass is 10.1. The second-order valence-corrected chi connectivity index (χ2v) is 4.89. The summed E-state index contributed by atoms with van der Waals surface area (Å²) in [5, 5.41) is 7.77. The normalized spacial score (nSPS) is 11.2. The van der Waals surface area contributed by atoms with Crippen LogP contribution in [0.4, 0.5) is 4.39 Å². The molecule has 2 aromatic rings. The van der Waals surface area contributed by atoms with E-state index in [2.05, 4.69) is 24.3 Å². The van der Waals surface area contributed by atoms with Crippen molar-refractivity contribution in [3.8, 4) is 5.69 Å². The second-order valence-electron chi connectivity index (χ2n) is 4.89. The van der Waals surface area contributed by atoms with E-state index in [1.807, 2.05) is 23.9 Å². The number of halogens is 1. The first kappa shape index (κ1) is 13.7.